The van der Waals surface area contributed by atoms with Crippen molar-refractivity contribution < 1.29 is 15.2 Å². The molecular weight excluding hydrogens is 288 g/mol. The summed E-state index contributed by atoms with van der Waals surface area (Å²) in [6.07, 6.45) is 0. The number of thiophene rings is 1. The van der Waals surface area contributed by atoms with E-state index in [-0.39, 0.29) is 0 Å². The number of nitrogens with zero attached hydrogens (tertiary/aromatic N) is 1. The van der Waals surface area contributed by atoms with Crippen LogP contribution in [0.4, 0.5) is 4.79 Å². The summed E-state index contributed by atoms with van der Waals surface area (Å²) in [5.74, 6) is 0. The molecule has 0 spiro atoms. The molecule has 0 saturated heterocycles. The van der Waals surface area contributed by atoms with Crippen LogP contribution in [0.1, 0.15) is 18.5 Å². The Labute approximate surface area is 124 Å². The number of benzene rings is 2. The van der Waals surface area contributed by atoms with E-state index in [2.05, 4.69) is 12.1 Å². The zero-order chi connectivity index (χ0) is 15.0. The van der Waals surface area contributed by atoms with Crippen molar-refractivity contribution in [2.45, 2.75) is 13.0 Å². The van der Waals surface area contributed by atoms with Crippen molar-refractivity contribution in [1.29, 1.82) is 0 Å². The normalized spacial score (nSPS) is 12.5. The van der Waals surface area contributed by atoms with E-state index in [1.54, 1.807) is 18.3 Å². The molecule has 21 heavy (non-hydrogen) atoms. The molecule has 0 aliphatic rings. The summed E-state index contributed by atoms with van der Waals surface area (Å²) in [5, 5.41) is 21.1. The lowest BCUT2D eigenvalue weighted by molar-refractivity contribution is -0.0844. The van der Waals surface area contributed by atoms with E-state index in [1.165, 1.54) is 15.6 Å². The van der Waals surface area contributed by atoms with Gasteiger partial charge in [-0.3, -0.25) is 10.4 Å². The monoisotopic (exact) mass is 302 g/mol. The van der Waals surface area contributed by atoms with E-state index in [1.807, 2.05) is 30.3 Å². The lowest BCUT2D eigenvalue weighted by atomic mass is 10.1. The first-order valence-corrected chi connectivity index (χ1v) is 7.27. The Morgan fingerprint density at radius 1 is 1.19 bits per heavy atom. The van der Waals surface area contributed by atoms with Gasteiger partial charge >= 0.3 is 6.03 Å². The fraction of sp³-hybridized carbons (Fsp3) is 0.133. The number of hydrogen-bond donors (Lipinski definition) is 3. The van der Waals surface area contributed by atoms with Gasteiger partial charge in [0, 0.05) is 20.2 Å². The summed E-state index contributed by atoms with van der Waals surface area (Å²) in [7, 11) is 0. The molecule has 2 aromatic carbocycles. The van der Waals surface area contributed by atoms with Crippen molar-refractivity contribution in [2.24, 2.45) is 0 Å². The number of nitrogens with one attached hydrogen (secondary N) is 1. The lowest BCUT2D eigenvalue weighted by Crippen LogP contribution is -2.37. The highest BCUT2D eigenvalue weighted by Gasteiger charge is 2.19. The summed E-state index contributed by atoms with van der Waals surface area (Å²) in [5.41, 5.74) is 2.21. The molecule has 6 heteroatoms. The van der Waals surface area contributed by atoms with Crippen LogP contribution >= 0.6 is 11.3 Å². The fourth-order valence-corrected chi connectivity index (χ4v) is 3.53. The Balaban J connectivity index is 2.05. The first kappa shape index (κ1) is 13.8. The standard InChI is InChI=1S/C15H14N2O3S/c1-9(17(20)15(18)16-19)10-6-7-12-11-4-2-3-5-13(11)21-14(12)8-10/h2-9,19-20H,1H3,(H,16,18). The first-order valence-electron chi connectivity index (χ1n) is 6.45. The third-order valence-electron chi connectivity index (χ3n) is 3.56. The second kappa shape index (κ2) is 5.33. The summed E-state index contributed by atoms with van der Waals surface area (Å²) in [4.78, 5) is 11.2. The zero-order valence-corrected chi connectivity index (χ0v) is 12.1. The molecule has 3 aromatic rings. The van der Waals surface area contributed by atoms with Gasteiger partial charge in [-0.15, -0.1) is 11.3 Å². The molecule has 0 fully saturated rings. The first-order chi connectivity index (χ1) is 10.1. The minimum Gasteiger partial charge on any atom is -0.287 e. The second-order valence-electron chi connectivity index (χ2n) is 4.79. The molecule has 1 aromatic heterocycles. The highest BCUT2D eigenvalue weighted by atomic mass is 32.1. The highest BCUT2D eigenvalue weighted by Crippen LogP contribution is 2.35. The maximum Gasteiger partial charge on any atom is 0.365 e. The quantitative estimate of drug-likeness (QED) is 0.496. The smallest absolute Gasteiger partial charge is 0.287 e. The fourth-order valence-electron chi connectivity index (χ4n) is 2.37. The average Bonchev–Trinajstić information content (AvgIpc) is 2.90. The minimum absolute atomic E-state index is 0.467. The van der Waals surface area contributed by atoms with E-state index in [0.717, 1.165) is 15.6 Å². The van der Waals surface area contributed by atoms with E-state index >= 15 is 0 Å². The number of hydroxylamine groups is 3. The predicted octanol–water partition coefficient (Wildman–Crippen LogP) is 3.91. The lowest BCUT2D eigenvalue weighted by Gasteiger charge is -2.21. The Kier molecular flexibility index (Phi) is 3.50. The molecule has 0 saturated carbocycles. The van der Waals surface area contributed by atoms with Gasteiger partial charge in [-0.25, -0.2) is 10.3 Å². The molecule has 1 unspecified atom stereocenters. The molecule has 0 radical (unpaired) electrons. The van der Waals surface area contributed by atoms with Gasteiger partial charge in [-0.05, 0) is 24.6 Å². The maximum absolute atomic E-state index is 11.2. The zero-order valence-electron chi connectivity index (χ0n) is 11.3. The van der Waals surface area contributed by atoms with Crippen LogP contribution in [0, 0.1) is 0 Å². The molecule has 3 rings (SSSR count). The van der Waals surface area contributed by atoms with Crippen molar-refractivity contribution in [1.82, 2.24) is 10.5 Å². The molecule has 1 heterocycles. The number of hydrogen-bond acceptors (Lipinski definition) is 4. The molecule has 0 aliphatic heterocycles. The van der Waals surface area contributed by atoms with Crippen LogP contribution in [0.3, 0.4) is 0 Å². The topological polar surface area (TPSA) is 72.8 Å². The molecule has 0 bridgehead atoms. The summed E-state index contributed by atoms with van der Waals surface area (Å²) in [6.45, 7) is 1.68. The van der Waals surface area contributed by atoms with E-state index in [9.17, 15) is 10.0 Å². The number of amides is 2. The van der Waals surface area contributed by atoms with Crippen molar-refractivity contribution in [2.75, 3.05) is 0 Å². The third-order valence-corrected chi connectivity index (χ3v) is 4.69. The van der Waals surface area contributed by atoms with Crippen LogP contribution in [0.15, 0.2) is 42.5 Å². The number of fused-ring (bicyclic) bond motifs is 3. The molecule has 3 N–H and O–H groups in total. The van der Waals surface area contributed by atoms with E-state index in [0.29, 0.717) is 5.06 Å². The average molecular weight is 302 g/mol. The van der Waals surface area contributed by atoms with Crippen LogP contribution in [0.25, 0.3) is 20.2 Å². The Bertz CT molecular complexity index is 815. The molecule has 108 valence electrons. The van der Waals surface area contributed by atoms with Crippen LogP contribution < -0.4 is 5.48 Å². The van der Waals surface area contributed by atoms with Gasteiger partial charge in [0.15, 0.2) is 0 Å². The van der Waals surface area contributed by atoms with Crippen LogP contribution in [-0.2, 0) is 0 Å². The largest absolute Gasteiger partial charge is 0.365 e. The minimum atomic E-state index is -0.959. The summed E-state index contributed by atoms with van der Waals surface area (Å²) >= 11 is 1.67. The number of rotatable bonds is 2. The molecule has 0 aliphatic carbocycles. The molecule has 5 nitrogen and oxygen atoms in total. The molecular formula is C15H14N2O3S. The summed E-state index contributed by atoms with van der Waals surface area (Å²) < 4.78 is 2.30. The van der Waals surface area contributed by atoms with Gasteiger partial charge < -0.3 is 0 Å². The predicted molar refractivity (Wildman–Crippen MR) is 81.7 cm³/mol. The Hall–Kier alpha value is -2.15. The van der Waals surface area contributed by atoms with Gasteiger partial charge in [0.2, 0.25) is 0 Å². The van der Waals surface area contributed by atoms with Crippen molar-refractivity contribution in [3.8, 4) is 0 Å². The van der Waals surface area contributed by atoms with E-state index in [4.69, 9.17) is 5.21 Å². The Morgan fingerprint density at radius 3 is 2.67 bits per heavy atom. The van der Waals surface area contributed by atoms with Crippen molar-refractivity contribution >= 4 is 37.5 Å². The van der Waals surface area contributed by atoms with Crippen LogP contribution in [-0.4, -0.2) is 21.5 Å². The second-order valence-corrected chi connectivity index (χ2v) is 5.88. The molecule has 1 atom stereocenters. The third kappa shape index (κ3) is 2.33. The van der Waals surface area contributed by atoms with Crippen LogP contribution in [0.2, 0.25) is 0 Å². The van der Waals surface area contributed by atoms with Crippen LogP contribution in [0.5, 0.6) is 0 Å². The van der Waals surface area contributed by atoms with Gasteiger partial charge in [0.1, 0.15) is 0 Å². The number of carbonyl (C=O) groups excluding carboxylic acids is 1. The molecule has 2 amide bonds. The maximum atomic E-state index is 11.2. The summed E-state index contributed by atoms with van der Waals surface area (Å²) in [6, 6.07) is 12.5. The van der Waals surface area contributed by atoms with Gasteiger partial charge in [0.05, 0.1) is 6.04 Å². The highest BCUT2D eigenvalue weighted by molar-refractivity contribution is 7.25. The van der Waals surface area contributed by atoms with E-state index < -0.39 is 12.1 Å². The Morgan fingerprint density at radius 2 is 1.90 bits per heavy atom. The van der Waals surface area contributed by atoms with Crippen molar-refractivity contribution in [3.63, 3.8) is 0 Å². The number of carbonyl (C=O) groups is 1. The van der Waals surface area contributed by atoms with Gasteiger partial charge in [0.25, 0.3) is 0 Å². The van der Waals surface area contributed by atoms with Gasteiger partial charge in [-0.1, -0.05) is 30.3 Å². The van der Waals surface area contributed by atoms with Gasteiger partial charge in [-0.2, -0.15) is 5.06 Å². The van der Waals surface area contributed by atoms with Crippen molar-refractivity contribution in [3.05, 3.63) is 48.0 Å². The SMILES string of the molecule is CC(c1ccc2c(c1)sc1ccccc12)N(O)C(=O)NO. The number of urea groups is 1.